The minimum atomic E-state index is -3.60. The summed E-state index contributed by atoms with van der Waals surface area (Å²) in [5, 5.41) is 0.490. The molecule has 0 amide bonds. The summed E-state index contributed by atoms with van der Waals surface area (Å²) >= 11 is 5.87. The largest absolute Gasteiger partial charge is 0.372 e. The summed E-state index contributed by atoms with van der Waals surface area (Å²) in [6.45, 7) is 2.07. The lowest BCUT2D eigenvalue weighted by Crippen LogP contribution is -2.18. The summed E-state index contributed by atoms with van der Waals surface area (Å²) < 4.78 is 27.3. The lowest BCUT2D eigenvalue weighted by Gasteiger charge is -2.17. The lowest BCUT2D eigenvalue weighted by molar-refractivity contribution is 0.601. The first-order valence-corrected chi connectivity index (χ1v) is 9.04. The number of rotatable bonds is 4. The molecule has 0 radical (unpaired) electrons. The quantitative estimate of drug-likeness (QED) is 0.925. The summed E-state index contributed by atoms with van der Waals surface area (Å²) in [5.41, 5.74) is 1.52. The maximum atomic E-state index is 12.4. The van der Waals surface area contributed by atoms with Gasteiger partial charge in [0.15, 0.2) is 0 Å². The van der Waals surface area contributed by atoms with Crippen molar-refractivity contribution in [1.82, 2.24) is 0 Å². The molecular formula is C16H17ClN2O2S. The van der Waals surface area contributed by atoms with Crippen LogP contribution in [0.4, 0.5) is 11.4 Å². The van der Waals surface area contributed by atoms with E-state index in [0.717, 1.165) is 18.8 Å². The van der Waals surface area contributed by atoms with Crippen LogP contribution in [0.3, 0.4) is 0 Å². The van der Waals surface area contributed by atoms with Crippen molar-refractivity contribution in [1.29, 1.82) is 0 Å². The van der Waals surface area contributed by atoms with Crippen molar-refractivity contribution in [3.05, 3.63) is 53.6 Å². The van der Waals surface area contributed by atoms with Crippen LogP contribution in [0, 0.1) is 0 Å². The Morgan fingerprint density at radius 1 is 1.00 bits per heavy atom. The fourth-order valence-electron chi connectivity index (χ4n) is 2.58. The van der Waals surface area contributed by atoms with E-state index in [4.69, 9.17) is 11.6 Å². The van der Waals surface area contributed by atoms with Crippen molar-refractivity contribution >= 4 is 33.0 Å². The Bertz CT molecular complexity index is 754. The van der Waals surface area contributed by atoms with Crippen LogP contribution in [-0.2, 0) is 10.0 Å². The molecular weight excluding hydrogens is 320 g/mol. The topological polar surface area (TPSA) is 49.4 Å². The Hall–Kier alpha value is -1.72. The summed E-state index contributed by atoms with van der Waals surface area (Å²) in [4.78, 5) is 2.51. The number of benzene rings is 2. The van der Waals surface area contributed by atoms with E-state index in [1.165, 1.54) is 12.8 Å². The third-order valence-electron chi connectivity index (χ3n) is 3.70. The fourth-order valence-corrected chi connectivity index (χ4v) is 3.82. The average Bonchev–Trinajstić information content (AvgIpc) is 3.01. The van der Waals surface area contributed by atoms with Gasteiger partial charge in [0.25, 0.3) is 10.0 Å². The number of sulfonamides is 1. The van der Waals surface area contributed by atoms with Crippen LogP contribution >= 0.6 is 11.6 Å². The van der Waals surface area contributed by atoms with Gasteiger partial charge in [-0.05, 0) is 55.3 Å². The minimum absolute atomic E-state index is 0.246. The third kappa shape index (κ3) is 3.36. The van der Waals surface area contributed by atoms with Crippen LogP contribution in [0.1, 0.15) is 12.8 Å². The van der Waals surface area contributed by atoms with Gasteiger partial charge >= 0.3 is 0 Å². The van der Waals surface area contributed by atoms with Crippen LogP contribution < -0.4 is 9.62 Å². The Labute approximate surface area is 135 Å². The fraction of sp³-hybridized carbons (Fsp3) is 0.250. The molecule has 1 heterocycles. The molecule has 0 bridgehead atoms. The highest BCUT2D eigenvalue weighted by molar-refractivity contribution is 7.92. The molecule has 6 heteroatoms. The van der Waals surface area contributed by atoms with Crippen molar-refractivity contribution in [3.63, 3.8) is 0 Å². The normalized spacial score (nSPS) is 15.0. The van der Waals surface area contributed by atoms with Crippen LogP contribution in [-0.4, -0.2) is 21.5 Å². The van der Waals surface area contributed by atoms with Gasteiger partial charge in [-0.2, -0.15) is 0 Å². The Balaban J connectivity index is 1.79. The van der Waals surface area contributed by atoms with Crippen molar-refractivity contribution < 1.29 is 8.42 Å². The molecule has 2 aromatic rings. The Morgan fingerprint density at radius 3 is 2.32 bits per heavy atom. The molecule has 4 nitrogen and oxygen atoms in total. The first kappa shape index (κ1) is 15.2. The van der Waals surface area contributed by atoms with Gasteiger partial charge in [-0.15, -0.1) is 0 Å². The van der Waals surface area contributed by atoms with E-state index in [1.54, 1.807) is 36.4 Å². The van der Waals surface area contributed by atoms with E-state index in [0.29, 0.717) is 10.7 Å². The van der Waals surface area contributed by atoms with E-state index in [2.05, 4.69) is 9.62 Å². The van der Waals surface area contributed by atoms with Crippen LogP contribution in [0.5, 0.6) is 0 Å². The maximum absolute atomic E-state index is 12.4. The van der Waals surface area contributed by atoms with E-state index >= 15 is 0 Å². The second kappa shape index (κ2) is 6.18. The molecule has 0 unspecified atom stereocenters. The zero-order chi connectivity index (χ0) is 15.6. The molecule has 0 atom stereocenters. The van der Waals surface area contributed by atoms with Crippen molar-refractivity contribution in [2.75, 3.05) is 22.7 Å². The monoisotopic (exact) mass is 336 g/mol. The van der Waals surface area contributed by atoms with Crippen LogP contribution in [0.2, 0.25) is 5.02 Å². The van der Waals surface area contributed by atoms with Gasteiger partial charge in [-0.3, -0.25) is 4.72 Å². The smallest absolute Gasteiger partial charge is 0.261 e. The molecule has 116 valence electrons. The highest BCUT2D eigenvalue weighted by Gasteiger charge is 2.16. The van der Waals surface area contributed by atoms with Crippen molar-refractivity contribution in [2.24, 2.45) is 0 Å². The van der Waals surface area contributed by atoms with Crippen molar-refractivity contribution in [2.45, 2.75) is 17.7 Å². The van der Waals surface area contributed by atoms with Gasteiger partial charge in [-0.25, -0.2) is 8.42 Å². The molecule has 1 aliphatic heterocycles. The third-order valence-corrected chi connectivity index (χ3v) is 5.33. The SMILES string of the molecule is O=S(=O)(Nc1cccc(Cl)c1)c1ccc(N2CCCC2)cc1. The number of nitrogens with zero attached hydrogens (tertiary/aromatic N) is 1. The van der Waals surface area contributed by atoms with Crippen LogP contribution in [0.15, 0.2) is 53.4 Å². The number of nitrogens with one attached hydrogen (secondary N) is 1. The van der Waals surface area contributed by atoms with E-state index in [1.807, 2.05) is 12.1 Å². The molecule has 0 spiro atoms. The molecule has 1 aliphatic rings. The molecule has 0 saturated carbocycles. The predicted octanol–water partition coefficient (Wildman–Crippen LogP) is 3.74. The molecule has 3 rings (SSSR count). The van der Waals surface area contributed by atoms with Crippen molar-refractivity contribution in [3.8, 4) is 0 Å². The number of halogens is 1. The molecule has 0 aromatic heterocycles. The van der Waals surface area contributed by atoms with E-state index in [9.17, 15) is 8.42 Å². The minimum Gasteiger partial charge on any atom is -0.372 e. The molecule has 1 N–H and O–H groups in total. The second-order valence-corrected chi connectivity index (χ2v) is 7.42. The number of anilines is 2. The Morgan fingerprint density at radius 2 is 1.68 bits per heavy atom. The lowest BCUT2D eigenvalue weighted by atomic mass is 10.3. The van der Waals surface area contributed by atoms with E-state index < -0.39 is 10.0 Å². The van der Waals surface area contributed by atoms with Crippen LogP contribution in [0.25, 0.3) is 0 Å². The highest BCUT2D eigenvalue weighted by Crippen LogP contribution is 2.24. The van der Waals surface area contributed by atoms with Gasteiger partial charge in [-0.1, -0.05) is 17.7 Å². The molecule has 1 saturated heterocycles. The highest BCUT2D eigenvalue weighted by atomic mass is 35.5. The summed E-state index contributed by atoms with van der Waals surface area (Å²) in [5.74, 6) is 0. The number of hydrogen-bond donors (Lipinski definition) is 1. The second-order valence-electron chi connectivity index (χ2n) is 5.30. The first-order chi connectivity index (χ1) is 10.5. The summed E-state index contributed by atoms with van der Waals surface area (Å²) in [6, 6.07) is 13.7. The molecule has 1 fully saturated rings. The summed E-state index contributed by atoms with van der Waals surface area (Å²) in [6.07, 6.45) is 2.38. The molecule has 0 aliphatic carbocycles. The predicted molar refractivity (Wildman–Crippen MR) is 90.1 cm³/mol. The van der Waals surface area contributed by atoms with Gasteiger partial charge in [0.05, 0.1) is 10.6 Å². The standard InChI is InChI=1S/C16H17ClN2O2S/c17-13-4-3-5-14(12-13)18-22(20,21)16-8-6-15(7-9-16)19-10-1-2-11-19/h3-9,12,18H,1-2,10-11H2. The maximum Gasteiger partial charge on any atom is 0.261 e. The zero-order valence-electron chi connectivity index (χ0n) is 12.0. The van der Waals surface area contributed by atoms with Gasteiger partial charge in [0.2, 0.25) is 0 Å². The van der Waals surface area contributed by atoms with Gasteiger partial charge in [0, 0.05) is 23.8 Å². The first-order valence-electron chi connectivity index (χ1n) is 7.18. The zero-order valence-corrected chi connectivity index (χ0v) is 13.6. The summed E-state index contributed by atoms with van der Waals surface area (Å²) in [7, 11) is -3.60. The van der Waals surface area contributed by atoms with E-state index in [-0.39, 0.29) is 4.90 Å². The molecule has 2 aromatic carbocycles. The number of hydrogen-bond acceptors (Lipinski definition) is 3. The molecule has 22 heavy (non-hydrogen) atoms. The van der Waals surface area contributed by atoms with Gasteiger partial charge in [0.1, 0.15) is 0 Å². The van der Waals surface area contributed by atoms with Gasteiger partial charge < -0.3 is 4.90 Å². The Kier molecular flexibility index (Phi) is 4.27. The average molecular weight is 337 g/mol.